The fraction of sp³-hybridized carbons (Fsp3) is 0.130. The number of nitrogens with one attached hydrogen (secondary N) is 1. The zero-order valence-electron chi connectivity index (χ0n) is 16.3. The third kappa shape index (κ3) is 4.14. The van der Waals surface area contributed by atoms with Crippen LogP contribution in [-0.4, -0.2) is 15.3 Å². The highest BCUT2D eigenvalue weighted by Gasteiger charge is 2.31. The molecule has 0 fully saturated rings. The average Bonchev–Trinajstić information content (AvgIpc) is 3.10. The summed E-state index contributed by atoms with van der Waals surface area (Å²) in [6.45, 7) is 1.72. The minimum Gasteiger partial charge on any atom is -0.308 e. The number of amides is 1. The van der Waals surface area contributed by atoms with Crippen LogP contribution in [0.4, 0.5) is 23.4 Å². The summed E-state index contributed by atoms with van der Waals surface area (Å²) in [7, 11) is 0. The van der Waals surface area contributed by atoms with Gasteiger partial charge in [-0.15, -0.1) is 0 Å². The molecule has 8 heteroatoms. The molecule has 158 valence electrons. The number of rotatable bonds is 4. The Hall–Kier alpha value is -3.68. The first kappa shape index (κ1) is 20.6. The number of carbonyl (C=O) groups excluding carboxylic acids is 1. The van der Waals surface area contributed by atoms with E-state index in [1.165, 1.54) is 34.9 Å². The molecule has 0 spiro atoms. The Morgan fingerprint density at radius 1 is 1.03 bits per heavy atom. The molecule has 0 aliphatic rings. The van der Waals surface area contributed by atoms with Gasteiger partial charge in [0.05, 0.1) is 17.2 Å². The third-order valence-corrected chi connectivity index (χ3v) is 5.01. The normalized spacial score (nSPS) is 12.7. The molecule has 4 rings (SSSR count). The van der Waals surface area contributed by atoms with Crippen molar-refractivity contribution in [3.8, 4) is 11.3 Å². The molecule has 4 nitrogen and oxygen atoms in total. The van der Waals surface area contributed by atoms with Crippen LogP contribution in [0.25, 0.3) is 16.9 Å². The quantitative estimate of drug-likeness (QED) is 0.412. The van der Waals surface area contributed by atoms with Gasteiger partial charge in [-0.05, 0) is 48.9 Å². The summed E-state index contributed by atoms with van der Waals surface area (Å²) in [5.74, 6) is -1.24. The van der Waals surface area contributed by atoms with Crippen LogP contribution in [0.1, 0.15) is 24.0 Å². The molecule has 0 aliphatic heterocycles. The van der Waals surface area contributed by atoms with Crippen LogP contribution >= 0.6 is 0 Å². The van der Waals surface area contributed by atoms with Gasteiger partial charge in [0.15, 0.2) is 5.82 Å². The molecule has 0 radical (unpaired) electrons. The summed E-state index contributed by atoms with van der Waals surface area (Å²) in [5.41, 5.74) is 0.795. The van der Waals surface area contributed by atoms with E-state index in [-0.39, 0.29) is 17.4 Å². The number of halogens is 4. The Labute approximate surface area is 175 Å². The van der Waals surface area contributed by atoms with Gasteiger partial charge >= 0.3 is 6.18 Å². The van der Waals surface area contributed by atoms with E-state index in [9.17, 15) is 22.4 Å². The molecular formula is C23H17F4N3O. The molecule has 0 saturated carbocycles. The second kappa shape index (κ2) is 7.86. The number of alkyl halides is 3. The predicted octanol–water partition coefficient (Wildman–Crippen LogP) is 5.90. The predicted molar refractivity (Wildman–Crippen MR) is 109 cm³/mol. The monoisotopic (exact) mass is 427 g/mol. The first-order valence-electron chi connectivity index (χ1n) is 9.45. The molecule has 0 aliphatic carbocycles. The number of imidazole rings is 1. The van der Waals surface area contributed by atoms with Crippen LogP contribution in [0.2, 0.25) is 0 Å². The number of benzene rings is 2. The number of carbonyl (C=O) groups is 1. The average molecular weight is 427 g/mol. The lowest BCUT2D eigenvalue weighted by atomic mass is 10.0. The zero-order chi connectivity index (χ0) is 22.2. The van der Waals surface area contributed by atoms with Crippen molar-refractivity contribution in [3.05, 3.63) is 89.9 Å². The van der Waals surface area contributed by atoms with E-state index in [1.807, 2.05) is 30.3 Å². The van der Waals surface area contributed by atoms with Crippen molar-refractivity contribution in [2.75, 3.05) is 5.32 Å². The molecule has 4 aromatic rings. The van der Waals surface area contributed by atoms with Crippen LogP contribution in [0.3, 0.4) is 0 Å². The largest absolute Gasteiger partial charge is 0.416 e. The number of pyridine rings is 1. The van der Waals surface area contributed by atoms with Crippen molar-refractivity contribution in [3.63, 3.8) is 0 Å². The minimum absolute atomic E-state index is 0.0109. The van der Waals surface area contributed by atoms with Crippen molar-refractivity contribution >= 4 is 17.4 Å². The minimum atomic E-state index is -4.53. The smallest absolute Gasteiger partial charge is 0.308 e. The molecule has 2 heterocycles. The number of hydrogen-bond donors (Lipinski definition) is 1. The fourth-order valence-corrected chi connectivity index (χ4v) is 3.31. The van der Waals surface area contributed by atoms with E-state index in [4.69, 9.17) is 0 Å². The maximum absolute atomic E-state index is 13.4. The van der Waals surface area contributed by atoms with Gasteiger partial charge in [-0.25, -0.2) is 9.37 Å². The zero-order valence-corrected chi connectivity index (χ0v) is 16.3. The van der Waals surface area contributed by atoms with Crippen molar-refractivity contribution in [2.24, 2.45) is 0 Å². The molecular weight excluding hydrogens is 410 g/mol. The number of nitrogens with zero attached hydrogens (tertiary/aromatic N) is 2. The Morgan fingerprint density at radius 2 is 1.71 bits per heavy atom. The summed E-state index contributed by atoms with van der Waals surface area (Å²) in [5, 5.41) is 2.72. The summed E-state index contributed by atoms with van der Waals surface area (Å²) in [4.78, 5) is 17.1. The van der Waals surface area contributed by atoms with Crippen LogP contribution in [-0.2, 0) is 11.0 Å². The van der Waals surface area contributed by atoms with Crippen LogP contribution < -0.4 is 5.32 Å². The summed E-state index contributed by atoms with van der Waals surface area (Å²) in [6.07, 6.45) is -3.30. The molecule has 1 atom stereocenters. The van der Waals surface area contributed by atoms with E-state index in [1.54, 1.807) is 6.92 Å². The number of fused-ring (bicyclic) bond motifs is 1. The van der Waals surface area contributed by atoms with E-state index in [0.29, 0.717) is 11.3 Å². The van der Waals surface area contributed by atoms with E-state index in [0.717, 1.165) is 17.7 Å². The van der Waals surface area contributed by atoms with Crippen molar-refractivity contribution in [2.45, 2.75) is 19.0 Å². The van der Waals surface area contributed by atoms with Crippen LogP contribution in [0.15, 0.2) is 72.9 Å². The molecule has 31 heavy (non-hydrogen) atoms. The number of hydrogen-bond acceptors (Lipinski definition) is 2. The van der Waals surface area contributed by atoms with Gasteiger partial charge < -0.3 is 5.32 Å². The highest BCUT2D eigenvalue weighted by molar-refractivity contribution is 5.98. The second-order valence-electron chi connectivity index (χ2n) is 7.08. The van der Waals surface area contributed by atoms with Gasteiger partial charge in [-0.1, -0.05) is 30.3 Å². The van der Waals surface area contributed by atoms with Crippen LogP contribution in [0.5, 0.6) is 0 Å². The molecule has 1 unspecified atom stereocenters. The molecule has 2 aromatic heterocycles. The Balaban J connectivity index is 1.80. The first-order chi connectivity index (χ1) is 14.7. The van der Waals surface area contributed by atoms with Gasteiger partial charge in [0.1, 0.15) is 11.5 Å². The van der Waals surface area contributed by atoms with Crippen molar-refractivity contribution in [1.82, 2.24) is 9.38 Å². The van der Waals surface area contributed by atoms with E-state index in [2.05, 4.69) is 10.3 Å². The molecule has 0 saturated heterocycles. The highest BCUT2D eigenvalue weighted by atomic mass is 19.4. The summed E-state index contributed by atoms with van der Waals surface area (Å²) < 4.78 is 54.3. The molecule has 1 amide bonds. The van der Waals surface area contributed by atoms with Crippen LogP contribution in [0, 0.1) is 5.82 Å². The van der Waals surface area contributed by atoms with Crippen molar-refractivity contribution < 1.29 is 22.4 Å². The lowest BCUT2D eigenvalue weighted by Gasteiger charge is -2.12. The van der Waals surface area contributed by atoms with Gasteiger partial charge in [-0.3, -0.25) is 9.20 Å². The second-order valence-corrected chi connectivity index (χ2v) is 7.08. The summed E-state index contributed by atoms with van der Waals surface area (Å²) in [6, 6.07) is 16.3. The van der Waals surface area contributed by atoms with Gasteiger partial charge in [0, 0.05) is 11.8 Å². The Kier molecular flexibility index (Phi) is 5.22. The highest BCUT2D eigenvalue weighted by Crippen LogP contribution is 2.34. The lowest BCUT2D eigenvalue weighted by molar-refractivity contribution is -0.137. The number of anilines is 1. The summed E-state index contributed by atoms with van der Waals surface area (Å²) >= 11 is 0. The first-order valence-corrected chi connectivity index (χ1v) is 9.45. The lowest BCUT2D eigenvalue weighted by Crippen LogP contribution is -2.19. The Bertz CT molecular complexity index is 1230. The fourth-order valence-electron chi connectivity index (χ4n) is 3.31. The van der Waals surface area contributed by atoms with Gasteiger partial charge in [0.25, 0.3) is 0 Å². The van der Waals surface area contributed by atoms with E-state index < -0.39 is 23.5 Å². The molecule has 2 aromatic carbocycles. The molecule has 0 bridgehead atoms. The topological polar surface area (TPSA) is 46.4 Å². The Morgan fingerprint density at radius 3 is 2.35 bits per heavy atom. The maximum atomic E-state index is 13.4. The van der Waals surface area contributed by atoms with Crippen molar-refractivity contribution in [1.29, 1.82) is 0 Å². The number of aromatic nitrogens is 2. The van der Waals surface area contributed by atoms with E-state index >= 15 is 0 Å². The third-order valence-electron chi connectivity index (χ3n) is 5.01. The maximum Gasteiger partial charge on any atom is 0.416 e. The standard InChI is InChI=1S/C23H17F4N3O/c1-14(15-5-3-2-4-6-15)22(31)29-21-20(16-7-9-18(24)10-8-16)30-12-11-17(23(25,26)27)13-19(30)28-21/h2-14H,1H3,(H,29,31). The van der Waals surface area contributed by atoms with Gasteiger partial charge in [-0.2, -0.15) is 13.2 Å². The van der Waals surface area contributed by atoms with Gasteiger partial charge in [0.2, 0.25) is 5.91 Å². The molecule has 1 N–H and O–H groups in total. The SMILES string of the molecule is CC(C(=O)Nc1nc2cc(C(F)(F)F)ccn2c1-c1ccc(F)cc1)c1ccccc1.